The lowest BCUT2D eigenvalue weighted by Gasteiger charge is -2.07. The van der Waals surface area contributed by atoms with Crippen molar-refractivity contribution in [3.8, 4) is 5.75 Å². The van der Waals surface area contributed by atoms with Gasteiger partial charge in [-0.1, -0.05) is 11.3 Å². The van der Waals surface area contributed by atoms with Gasteiger partial charge in [-0.2, -0.15) is 8.78 Å². The molecule has 0 saturated heterocycles. The van der Waals surface area contributed by atoms with Gasteiger partial charge in [0.1, 0.15) is 6.61 Å². The second-order valence-corrected chi connectivity index (χ2v) is 4.29. The van der Waals surface area contributed by atoms with Crippen molar-refractivity contribution in [3.05, 3.63) is 34.3 Å². The highest BCUT2D eigenvalue weighted by atomic mass is 32.1. The second kappa shape index (κ2) is 5.36. The third-order valence-electron chi connectivity index (χ3n) is 2.00. The Bertz CT molecular complexity index is 580. The van der Waals surface area contributed by atoms with Crippen molar-refractivity contribution in [1.82, 2.24) is 10.2 Å². The minimum atomic E-state index is -1.61. The first kappa shape index (κ1) is 13.5. The zero-order valence-electron chi connectivity index (χ0n) is 9.08. The molecule has 0 aliphatic rings. The highest BCUT2D eigenvalue weighted by Gasteiger charge is 2.21. The van der Waals surface area contributed by atoms with Crippen molar-refractivity contribution >= 4 is 16.5 Å². The number of nitrogens with zero attached hydrogens (tertiary/aromatic N) is 2. The maximum atomic E-state index is 13.2. The second-order valence-electron chi connectivity index (χ2n) is 3.23. The van der Waals surface area contributed by atoms with E-state index in [4.69, 9.17) is 5.84 Å². The number of nitrogens with two attached hydrogens (primary N) is 1. The molecule has 1 aromatic carbocycles. The Morgan fingerprint density at radius 3 is 2.32 bits per heavy atom. The van der Waals surface area contributed by atoms with Gasteiger partial charge in [-0.05, 0) is 0 Å². The van der Waals surface area contributed by atoms with Crippen LogP contribution >= 0.6 is 11.3 Å². The van der Waals surface area contributed by atoms with Crippen LogP contribution in [0.5, 0.6) is 5.75 Å². The van der Waals surface area contributed by atoms with Gasteiger partial charge in [0.15, 0.2) is 22.4 Å². The summed E-state index contributed by atoms with van der Waals surface area (Å²) in [6.07, 6.45) is 0. The third-order valence-corrected chi connectivity index (χ3v) is 2.83. The molecule has 3 N–H and O–H groups in total. The lowest BCUT2D eigenvalue weighted by atomic mass is 10.3. The van der Waals surface area contributed by atoms with Gasteiger partial charge in [-0.3, -0.25) is 5.43 Å². The van der Waals surface area contributed by atoms with Crippen molar-refractivity contribution in [2.45, 2.75) is 6.61 Å². The Balaban J connectivity index is 2.19. The van der Waals surface area contributed by atoms with Gasteiger partial charge in [-0.25, -0.2) is 14.6 Å². The van der Waals surface area contributed by atoms with Crippen LogP contribution in [-0.4, -0.2) is 10.2 Å². The molecule has 0 bridgehead atoms. The van der Waals surface area contributed by atoms with Crippen molar-refractivity contribution in [2.24, 2.45) is 5.84 Å². The van der Waals surface area contributed by atoms with Gasteiger partial charge in [-0.15, -0.1) is 10.2 Å². The summed E-state index contributed by atoms with van der Waals surface area (Å²) < 4.78 is 57.0. The number of benzene rings is 1. The molecule has 19 heavy (non-hydrogen) atoms. The number of aromatic nitrogens is 2. The third kappa shape index (κ3) is 2.74. The quantitative estimate of drug-likeness (QED) is 0.390. The molecular weight excluding hydrogens is 288 g/mol. The molecule has 0 saturated carbocycles. The standard InChI is InChI=1S/C9H6F4N4OS/c10-3-1-4(11)7(13)8(6(3)12)18-2-5-16-17-9(15-14)19-5/h1H,2,14H2,(H,15,17). The fraction of sp³-hybridized carbons (Fsp3) is 0.111. The van der Waals surface area contributed by atoms with E-state index in [0.29, 0.717) is 0 Å². The van der Waals surface area contributed by atoms with Crippen molar-refractivity contribution in [1.29, 1.82) is 0 Å². The van der Waals surface area contributed by atoms with E-state index in [-0.39, 0.29) is 16.2 Å². The van der Waals surface area contributed by atoms with Crippen LogP contribution in [0.25, 0.3) is 0 Å². The first-order chi connectivity index (χ1) is 9.02. The lowest BCUT2D eigenvalue weighted by molar-refractivity contribution is 0.260. The molecule has 0 amide bonds. The normalized spacial score (nSPS) is 10.6. The fourth-order valence-electron chi connectivity index (χ4n) is 1.18. The minimum absolute atomic E-state index is 0.0962. The van der Waals surface area contributed by atoms with E-state index in [1.165, 1.54) is 0 Å². The Morgan fingerprint density at radius 2 is 1.79 bits per heavy atom. The SMILES string of the molecule is NNc1nnc(COc2c(F)c(F)cc(F)c2F)s1. The Morgan fingerprint density at radius 1 is 1.16 bits per heavy atom. The monoisotopic (exact) mass is 294 g/mol. The van der Waals surface area contributed by atoms with E-state index in [0.717, 1.165) is 11.3 Å². The molecule has 1 aromatic heterocycles. The molecule has 0 aliphatic heterocycles. The number of hydrazine groups is 1. The molecule has 0 unspecified atom stereocenters. The van der Waals surface area contributed by atoms with E-state index in [2.05, 4.69) is 20.4 Å². The van der Waals surface area contributed by atoms with Gasteiger partial charge in [0.05, 0.1) is 0 Å². The maximum absolute atomic E-state index is 13.2. The van der Waals surface area contributed by atoms with Crippen molar-refractivity contribution in [2.75, 3.05) is 5.43 Å². The summed E-state index contributed by atoms with van der Waals surface area (Å²) in [4.78, 5) is 0. The summed E-state index contributed by atoms with van der Waals surface area (Å²) in [6.45, 7) is -0.407. The molecule has 102 valence electrons. The lowest BCUT2D eigenvalue weighted by Crippen LogP contribution is -2.05. The van der Waals surface area contributed by atoms with E-state index >= 15 is 0 Å². The van der Waals surface area contributed by atoms with Gasteiger partial charge >= 0.3 is 0 Å². The maximum Gasteiger partial charge on any atom is 0.219 e. The number of hydrogen-bond acceptors (Lipinski definition) is 6. The summed E-state index contributed by atoms with van der Waals surface area (Å²) in [7, 11) is 0. The summed E-state index contributed by atoms with van der Waals surface area (Å²) >= 11 is 0.957. The fourth-order valence-corrected chi connectivity index (χ4v) is 1.75. The largest absolute Gasteiger partial charge is 0.480 e. The Hall–Kier alpha value is -1.94. The van der Waals surface area contributed by atoms with Crippen LogP contribution < -0.4 is 16.0 Å². The zero-order chi connectivity index (χ0) is 14.0. The molecule has 0 atom stereocenters. The Kier molecular flexibility index (Phi) is 3.81. The van der Waals surface area contributed by atoms with Crippen molar-refractivity contribution in [3.63, 3.8) is 0 Å². The predicted octanol–water partition coefficient (Wildman–Crippen LogP) is 1.96. The summed E-state index contributed by atoms with van der Waals surface area (Å²) in [6, 6.07) is 0.0962. The van der Waals surface area contributed by atoms with Crippen LogP contribution in [0.4, 0.5) is 22.7 Å². The summed E-state index contributed by atoms with van der Waals surface area (Å²) in [5.41, 5.74) is 2.21. The Labute approximate surface area is 108 Å². The predicted molar refractivity (Wildman–Crippen MR) is 58.3 cm³/mol. The van der Waals surface area contributed by atoms with E-state index in [9.17, 15) is 17.6 Å². The molecule has 0 fully saturated rings. The zero-order valence-corrected chi connectivity index (χ0v) is 9.90. The molecular formula is C9H6F4N4OS. The van der Waals surface area contributed by atoms with Gasteiger partial charge in [0.2, 0.25) is 16.8 Å². The first-order valence-electron chi connectivity index (χ1n) is 4.77. The molecule has 10 heteroatoms. The molecule has 0 spiro atoms. The summed E-state index contributed by atoms with van der Waals surface area (Å²) in [5.74, 6) is -2.40. The number of anilines is 1. The van der Waals surface area contributed by atoms with Crippen LogP contribution in [0, 0.1) is 23.3 Å². The van der Waals surface area contributed by atoms with E-state index in [1.807, 2.05) is 0 Å². The van der Waals surface area contributed by atoms with Gasteiger partial charge < -0.3 is 4.74 Å². The number of nitrogens with one attached hydrogen (secondary N) is 1. The van der Waals surface area contributed by atoms with Crippen LogP contribution in [-0.2, 0) is 6.61 Å². The van der Waals surface area contributed by atoms with Crippen molar-refractivity contribution < 1.29 is 22.3 Å². The molecule has 2 aromatic rings. The molecule has 5 nitrogen and oxygen atoms in total. The number of nitrogen functional groups attached to an aromatic ring is 1. The van der Waals surface area contributed by atoms with Crippen LogP contribution in [0.15, 0.2) is 6.07 Å². The van der Waals surface area contributed by atoms with Crippen LogP contribution in [0.1, 0.15) is 5.01 Å². The first-order valence-corrected chi connectivity index (χ1v) is 5.59. The average molecular weight is 294 g/mol. The number of rotatable bonds is 4. The molecule has 1 heterocycles. The number of hydrogen-bond donors (Lipinski definition) is 2. The van der Waals surface area contributed by atoms with Crippen LogP contribution in [0.2, 0.25) is 0 Å². The average Bonchev–Trinajstić information content (AvgIpc) is 2.84. The smallest absolute Gasteiger partial charge is 0.219 e. The molecule has 0 radical (unpaired) electrons. The highest BCUT2D eigenvalue weighted by Crippen LogP contribution is 2.27. The van der Waals surface area contributed by atoms with E-state index in [1.54, 1.807) is 0 Å². The van der Waals surface area contributed by atoms with Gasteiger partial charge in [0.25, 0.3) is 0 Å². The molecule has 2 rings (SSSR count). The highest BCUT2D eigenvalue weighted by molar-refractivity contribution is 7.15. The summed E-state index contributed by atoms with van der Waals surface area (Å²) in [5, 5.41) is 7.59. The molecule has 0 aliphatic carbocycles. The topological polar surface area (TPSA) is 73.1 Å². The van der Waals surface area contributed by atoms with Gasteiger partial charge in [0, 0.05) is 6.07 Å². The minimum Gasteiger partial charge on any atom is -0.480 e. The van der Waals surface area contributed by atoms with Crippen LogP contribution in [0.3, 0.4) is 0 Å². The van der Waals surface area contributed by atoms with E-state index < -0.39 is 35.6 Å². The number of ether oxygens (including phenoxy) is 1. The number of halogens is 4.